The van der Waals surface area contributed by atoms with E-state index in [-0.39, 0.29) is 0 Å². The fraction of sp³-hybridized carbons (Fsp3) is 0.364. The van der Waals surface area contributed by atoms with Crippen LogP contribution in [0, 0.1) is 0 Å². The average molecular weight is 219 g/mol. The maximum Gasteiger partial charge on any atom is 0.203 e. The molecular formula is C11H17N5. The van der Waals surface area contributed by atoms with Gasteiger partial charge in [-0.25, -0.2) is 4.98 Å². The summed E-state index contributed by atoms with van der Waals surface area (Å²) >= 11 is 0. The number of fused-ring (bicyclic) bond motifs is 1. The SMILES string of the molecule is NCCN(CCN)c1nc2ccccc2[nH]1. The van der Waals surface area contributed by atoms with Crippen LogP contribution in [0.15, 0.2) is 24.3 Å². The Morgan fingerprint density at radius 1 is 1.12 bits per heavy atom. The number of rotatable bonds is 5. The van der Waals surface area contributed by atoms with E-state index in [0.29, 0.717) is 13.1 Å². The molecule has 1 aromatic heterocycles. The second-order valence-corrected chi connectivity index (χ2v) is 3.64. The molecule has 0 unspecified atom stereocenters. The third-order valence-electron chi connectivity index (χ3n) is 2.47. The normalized spacial score (nSPS) is 10.9. The van der Waals surface area contributed by atoms with Gasteiger partial charge in [-0.15, -0.1) is 0 Å². The van der Waals surface area contributed by atoms with Crippen molar-refractivity contribution in [3.63, 3.8) is 0 Å². The first kappa shape index (κ1) is 10.9. The van der Waals surface area contributed by atoms with Gasteiger partial charge in [-0.1, -0.05) is 12.1 Å². The van der Waals surface area contributed by atoms with E-state index in [0.717, 1.165) is 30.1 Å². The van der Waals surface area contributed by atoms with Gasteiger partial charge in [0, 0.05) is 26.2 Å². The molecule has 0 bridgehead atoms. The van der Waals surface area contributed by atoms with Crippen LogP contribution in [0.1, 0.15) is 0 Å². The van der Waals surface area contributed by atoms with Crippen molar-refractivity contribution in [1.29, 1.82) is 0 Å². The van der Waals surface area contributed by atoms with Gasteiger partial charge < -0.3 is 21.4 Å². The molecule has 0 aliphatic heterocycles. The minimum absolute atomic E-state index is 0.594. The van der Waals surface area contributed by atoms with Gasteiger partial charge in [-0.3, -0.25) is 0 Å². The molecule has 0 saturated carbocycles. The van der Waals surface area contributed by atoms with Crippen molar-refractivity contribution in [3.8, 4) is 0 Å². The Morgan fingerprint density at radius 2 is 1.81 bits per heavy atom. The number of aromatic amines is 1. The fourth-order valence-corrected chi connectivity index (χ4v) is 1.72. The molecule has 0 radical (unpaired) electrons. The Morgan fingerprint density at radius 3 is 2.44 bits per heavy atom. The maximum atomic E-state index is 5.57. The van der Waals surface area contributed by atoms with Crippen molar-refractivity contribution in [2.75, 3.05) is 31.1 Å². The van der Waals surface area contributed by atoms with Crippen LogP contribution < -0.4 is 16.4 Å². The number of aromatic nitrogens is 2. The second kappa shape index (κ2) is 4.96. The summed E-state index contributed by atoms with van der Waals surface area (Å²) in [7, 11) is 0. The Labute approximate surface area is 94.4 Å². The summed E-state index contributed by atoms with van der Waals surface area (Å²) in [6, 6.07) is 7.96. The number of benzene rings is 1. The standard InChI is InChI=1S/C11H17N5/c12-5-7-16(8-6-13)11-14-9-3-1-2-4-10(9)15-11/h1-4H,5-8,12-13H2,(H,14,15). The van der Waals surface area contributed by atoms with Crippen molar-refractivity contribution in [2.24, 2.45) is 11.5 Å². The molecule has 0 fully saturated rings. The minimum Gasteiger partial charge on any atom is -0.340 e. The summed E-state index contributed by atoms with van der Waals surface area (Å²) in [5.41, 5.74) is 13.1. The number of para-hydroxylation sites is 2. The predicted molar refractivity (Wildman–Crippen MR) is 66.4 cm³/mol. The molecule has 0 saturated heterocycles. The molecule has 0 atom stereocenters. The van der Waals surface area contributed by atoms with Gasteiger partial charge in [-0.05, 0) is 12.1 Å². The monoisotopic (exact) mass is 219 g/mol. The highest BCUT2D eigenvalue weighted by Gasteiger charge is 2.09. The number of hydrogen-bond acceptors (Lipinski definition) is 4. The number of anilines is 1. The molecular weight excluding hydrogens is 202 g/mol. The summed E-state index contributed by atoms with van der Waals surface area (Å²) in [6.07, 6.45) is 0. The molecule has 0 aliphatic rings. The van der Waals surface area contributed by atoms with Crippen molar-refractivity contribution in [3.05, 3.63) is 24.3 Å². The third-order valence-corrected chi connectivity index (χ3v) is 2.47. The fourth-order valence-electron chi connectivity index (χ4n) is 1.72. The lowest BCUT2D eigenvalue weighted by Gasteiger charge is -2.19. The zero-order valence-corrected chi connectivity index (χ0v) is 9.19. The highest BCUT2D eigenvalue weighted by molar-refractivity contribution is 5.77. The van der Waals surface area contributed by atoms with Gasteiger partial charge in [0.25, 0.3) is 0 Å². The third kappa shape index (κ3) is 2.15. The van der Waals surface area contributed by atoms with E-state index in [1.807, 2.05) is 24.3 Å². The first-order valence-corrected chi connectivity index (χ1v) is 5.45. The van der Waals surface area contributed by atoms with Crippen LogP contribution in [-0.4, -0.2) is 36.1 Å². The molecule has 2 rings (SSSR count). The molecule has 86 valence electrons. The highest BCUT2D eigenvalue weighted by Crippen LogP contribution is 2.16. The largest absolute Gasteiger partial charge is 0.340 e. The van der Waals surface area contributed by atoms with Gasteiger partial charge in [0.15, 0.2) is 0 Å². The molecule has 0 amide bonds. The van der Waals surface area contributed by atoms with Crippen LogP contribution in [-0.2, 0) is 0 Å². The molecule has 2 aromatic rings. The van der Waals surface area contributed by atoms with E-state index in [2.05, 4.69) is 14.9 Å². The lowest BCUT2D eigenvalue weighted by Crippen LogP contribution is -2.34. The Hall–Kier alpha value is -1.59. The first-order chi connectivity index (χ1) is 7.85. The van der Waals surface area contributed by atoms with Crippen molar-refractivity contribution in [1.82, 2.24) is 9.97 Å². The van der Waals surface area contributed by atoms with Crippen LogP contribution in [0.2, 0.25) is 0 Å². The molecule has 1 heterocycles. The quantitative estimate of drug-likeness (QED) is 0.674. The maximum absolute atomic E-state index is 5.57. The number of nitrogens with two attached hydrogens (primary N) is 2. The summed E-state index contributed by atoms with van der Waals surface area (Å²) < 4.78 is 0. The van der Waals surface area contributed by atoms with Gasteiger partial charge in [-0.2, -0.15) is 0 Å². The average Bonchev–Trinajstić information content (AvgIpc) is 2.72. The molecule has 0 aliphatic carbocycles. The van der Waals surface area contributed by atoms with E-state index in [1.165, 1.54) is 0 Å². The Balaban J connectivity index is 2.29. The molecule has 0 spiro atoms. The lowest BCUT2D eigenvalue weighted by molar-refractivity contribution is 0.762. The Bertz CT molecular complexity index is 411. The smallest absolute Gasteiger partial charge is 0.203 e. The van der Waals surface area contributed by atoms with Gasteiger partial charge >= 0.3 is 0 Å². The van der Waals surface area contributed by atoms with Crippen molar-refractivity contribution >= 4 is 17.0 Å². The minimum atomic E-state index is 0.594. The van der Waals surface area contributed by atoms with E-state index in [1.54, 1.807) is 0 Å². The lowest BCUT2D eigenvalue weighted by atomic mass is 10.3. The van der Waals surface area contributed by atoms with E-state index >= 15 is 0 Å². The topological polar surface area (TPSA) is 84.0 Å². The van der Waals surface area contributed by atoms with E-state index < -0.39 is 0 Å². The molecule has 5 heteroatoms. The van der Waals surface area contributed by atoms with Crippen LogP contribution in [0.4, 0.5) is 5.95 Å². The van der Waals surface area contributed by atoms with Crippen LogP contribution in [0.3, 0.4) is 0 Å². The van der Waals surface area contributed by atoms with E-state index in [4.69, 9.17) is 11.5 Å². The van der Waals surface area contributed by atoms with Gasteiger partial charge in [0.1, 0.15) is 0 Å². The second-order valence-electron chi connectivity index (χ2n) is 3.64. The van der Waals surface area contributed by atoms with Crippen LogP contribution in [0.25, 0.3) is 11.0 Å². The Kier molecular flexibility index (Phi) is 3.38. The molecule has 5 nitrogen and oxygen atoms in total. The number of nitrogens with zero attached hydrogens (tertiary/aromatic N) is 2. The molecule has 16 heavy (non-hydrogen) atoms. The number of H-pyrrole nitrogens is 1. The summed E-state index contributed by atoms with van der Waals surface area (Å²) in [6.45, 7) is 2.71. The van der Waals surface area contributed by atoms with E-state index in [9.17, 15) is 0 Å². The zero-order valence-electron chi connectivity index (χ0n) is 9.19. The molecule has 5 N–H and O–H groups in total. The van der Waals surface area contributed by atoms with Crippen LogP contribution >= 0.6 is 0 Å². The summed E-state index contributed by atoms with van der Waals surface area (Å²) in [5.74, 6) is 0.845. The molecule has 1 aromatic carbocycles. The zero-order chi connectivity index (χ0) is 11.4. The van der Waals surface area contributed by atoms with Crippen molar-refractivity contribution in [2.45, 2.75) is 0 Å². The number of nitrogens with one attached hydrogen (secondary N) is 1. The predicted octanol–water partition coefficient (Wildman–Crippen LogP) is 0.287. The summed E-state index contributed by atoms with van der Waals surface area (Å²) in [5, 5.41) is 0. The summed E-state index contributed by atoms with van der Waals surface area (Å²) in [4.78, 5) is 9.85. The van der Waals surface area contributed by atoms with Crippen LogP contribution in [0.5, 0.6) is 0 Å². The van der Waals surface area contributed by atoms with Gasteiger partial charge in [0.2, 0.25) is 5.95 Å². The van der Waals surface area contributed by atoms with Gasteiger partial charge in [0.05, 0.1) is 11.0 Å². The first-order valence-electron chi connectivity index (χ1n) is 5.45. The number of imidazole rings is 1. The van der Waals surface area contributed by atoms with Crippen molar-refractivity contribution < 1.29 is 0 Å². The number of hydrogen-bond donors (Lipinski definition) is 3. The highest BCUT2D eigenvalue weighted by atomic mass is 15.3.